The van der Waals surface area contributed by atoms with E-state index in [0.29, 0.717) is 34.5 Å². The van der Waals surface area contributed by atoms with Crippen molar-refractivity contribution in [3.05, 3.63) is 27.7 Å². The molecule has 20 heavy (non-hydrogen) atoms. The van der Waals surface area contributed by atoms with Crippen LogP contribution in [-0.2, 0) is 9.59 Å². The third kappa shape index (κ3) is 3.48. The van der Waals surface area contributed by atoms with E-state index in [2.05, 4.69) is 0 Å². The van der Waals surface area contributed by atoms with Gasteiger partial charge in [-0.1, -0.05) is 35.0 Å². The van der Waals surface area contributed by atoms with Gasteiger partial charge in [-0.15, -0.1) is 0 Å². The van der Waals surface area contributed by atoms with Gasteiger partial charge in [-0.3, -0.25) is 9.59 Å². The monoisotopic (exact) mass is 331 g/mol. The molecule has 2 rings (SSSR count). The first-order valence-corrected chi connectivity index (χ1v) is 8.02. The molecule has 1 aromatic rings. The highest BCUT2D eigenvalue weighted by atomic mass is 35.5. The number of carbonyl (C=O) groups excluding carboxylic acids is 2. The van der Waals surface area contributed by atoms with Crippen molar-refractivity contribution in [3.63, 3.8) is 0 Å². The van der Waals surface area contributed by atoms with Gasteiger partial charge in [-0.2, -0.15) is 0 Å². The van der Waals surface area contributed by atoms with Crippen molar-refractivity contribution in [2.75, 3.05) is 17.2 Å². The fourth-order valence-corrected chi connectivity index (χ4v) is 3.39. The first-order valence-electron chi connectivity index (χ1n) is 6.28. The lowest BCUT2D eigenvalue weighted by atomic mass is 10.1. The predicted octanol–water partition coefficient (Wildman–Crippen LogP) is 3.93. The maximum absolute atomic E-state index is 12.1. The van der Waals surface area contributed by atoms with Crippen LogP contribution < -0.4 is 4.90 Å². The number of thioether (sulfide) groups is 1. The van der Waals surface area contributed by atoms with Crippen LogP contribution in [0.4, 0.5) is 5.69 Å². The van der Waals surface area contributed by atoms with Crippen LogP contribution in [0.1, 0.15) is 18.9 Å². The highest BCUT2D eigenvalue weighted by molar-refractivity contribution is 8.13. The third-order valence-corrected chi connectivity index (χ3v) is 5.00. The molecule has 1 heterocycles. The molecule has 1 saturated heterocycles. The number of rotatable bonds is 3. The number of anilines is 1. The lowest BCUT2D eigenvalue weighted by Gasteiger charge is -2.19. The minimum Gasteiger partial charge on any atom is -0.311 e. The van der Waals surface area contributed by atoms with Crippen LogP contribution in [0.15, 0.2) is 12.1 Å². The van der Waals surface area contributed by atoms with E-state index in [4.69, 9.17) is 23.2 Å². The van der Waals surface area contributed by atoms with E-state index in [1.807, 2.05) is 13.0 Å². The first-order chi connectivity index (χ1) is 9.38. The summed E-state index contributed by atoms with van der Waals surface area (Å²) in [6.07, 6.45) is 0.457. The molecule has 0 saturated carbocycles. The minimum atomic E-state index is 0.0442. The molecule has 1 amide bonds. The topological polar surface area (TPSA) is 37.4 Å². The van der Waals surface area contributed by atoms with Crippen LogP contribution in [0.5, 0.6) is 0 Å². The van der Waals surface area contributed by atoms with Crippen LogP contribution in [0.2, 0.25) is 10.0 Å². The highest BCUT2D eigenvalue weighted by Gasteiger charge is 2.32. The number of hydrogen-bond donors (Lipinski definition) is 0. The van der Waals surface area contributed by atoms with E-state index in [9.17, 15) is 9.59 Å². The zero-order valence-corrected chi connectivity index (χ0v) is 13.6. The Morgan fingerprint density at radius 2 is 2.10 bits per heavy atom. The van der Waals surface area contributed by atoms with Crippen molar-refractivity contribution in [3.8, 4) is 0 Å². The molecule has 1 fully saturated rings. The summed E-state index contributed by atoms with van der Waals surface area (Å²) < 4.78 is 0. The Bertz CT molecular complexity index is 562. The van der Waals surface area contributed by atoms with Gasteiger partial charge in [-0.25, -0.2) is 0 Å². The minimum absolute atomic E-state index is 0.0442. The smallest absolute Gasteiger partial charge is 0.227 e. The Kier molecular flexibility index (Phi) is 4.99. The second-order valence-electron chi connectivity index (χ2n) is 4.93. The zero-order chi connectivity index (χ0) is 14.9. The average molecular weight is 332 g/mol. The maximum Gasteiger partial charge on any atom is 0.227 e. The molecule has 1 aliphatic heterocycles. The largest absolute Gasteiger partial charge is 0.311 e. The number of benzene rings is 1. The quantitative estimate of drug-likeness (QED) is 0.841. The number of amides is 1. The number of carbonyl (C=O) groups is 2. The van der Waals surface area contributed by atoms with Crippen LogP contribution in [0, 0.1) is 12.8 Å². The molecule has 1 aromatic carbocycles. The van der Waals surface area contributed by atoms with Gasteiger partial charge in [0.05, 0.1) is 10.7 Å². The van der Waals surface area contributed by atoms with Crippen LogP contribution in [0.3, 0.4) is 0 Å². The normalized spacial score (nSPS) is 18.7. The van der Waals surface area contributed by atoms with Gasteiger partial charge in [0, 0.05) is 30.7 Å². The molecular weight excluding hydrogens is 317 g/mol. The summed E-state index contributed by atoms with van der Waals surface area (Å²) in [5.41, 5.74) is 1.59. The van der Waals surface area contributed by atoms with E-state index >= 15 is 0 Å². The van der Waals surface area contributed by atoms with Crippen LogP contribution in [0.25, 0.3) is 0 Å². The molecule has 1 atom stereocenters. The molecule has 0 spiro atoms. The van der Waals surface area contributed by atoms with E-state index in [1.54, 1.807) is 17.9 Å². The Morgan fingerprint density at radius 1 is 1.40 bits per heavy atom. The van der Waals surface area contributed by atoms with Gasteiger partial charge in [-0.05, 0) is 30.5 Å². The van der Waals surface area contributed by atoms with Gasteiger partial charge in [0.15, 0.2) is 5.12 Å². The Balaban J connectivity index is 2.16. The SMILES string of the molecule is CC(=O)SCC1CC(=O)N(c2cc(C)c(Cl)cc2Cl)C1. The van der Waals surface area contributed by atoms with Crippen molar-refractivity contribution in [2.45, 2.75) is 20.3 Å². The van der Waals surface area contributed by atoms with Gasteiger partial charge in [0.1, 0.15) is 0 Å². The summed E-state index contributed by atoms with van der Waals surface area (Å²) in [5, 5.41) is 1.15. The molecule has 108 valence electrons. The molecular formula is C14H15Cl2NO2S. The molecule has 6 heteroatoms. The van der Waals surface area contributed by atoms with E-state index in [-0.39, 0.29) is 16.9 Å². The summed E-state index contributed by atoms with van der Waals surface area (Å²) in [7, 11) is 0. The highest BCUT2D eigenvalue weighted by Crippen LogP contribution is 2.35. The van der Waals surface area contributed by atoms with Gasteiger partial charge in [0.25, 0.3) is 0 Å². The second-order valence-corrected chi connectivity index (χ2v) is 6.94. The van der Waals surface area contributed by atoms with Crippen LogP contribution >= 0.6 is 35.0 Å². The molecule has 0 bridgehead atoms. The molecule has 1 unspecified atom stereocenters. The van der Waals surface area contributed by atoms with Crippen molar-refractivity contribution in [1.82, 2.24) is 0 Å². The number of aryl methyl sites for hydroxylation is 1. The molecule has 0 N–H and O–H groups in total. The summed E-state index contributed by atoms with van der Waals surface area (Å²) in [5.74, 6) is 0.896. The molecule has 3 nitrogen and oxygen atoms in total. The summed E-state index contributed by atoms with van der Waals surface area (Å²) in [4.78, 5) is 24.8. The number of hydrogen-bond acceptors (Lipinski definition) is 3. The molecule has 0 radical (unpaired) electrons. The first kappa shape index (κ1) is 15.7. The summed E-state index contributed by atoms with van der Waals surface area (Å²) in [6.45, 7) is 4.02. The molecule has 0 aromatic heterocycles. The summed E-state index contributed by atoms with van der Waals surface area (Å²) >= 11 is 13.5. The van der Waals surface area contributed by atoms with E-state index < -0.39 is 0 Å². The molecule has 0 aliphatic carbocycles. The Labute approximate surface area is 132 Å². The predicted molar refractivity (Wildman–Crippen MR) is 84.8 cm³/mol. The average Bonchev–Trinajstić information content (AvgIpc) is 2.72. The molecule has 1 aliphatic rings. The lowest BCUT2D eigenvalue weighted by molar-refractivity contribution is -0.117. The Morgan fingerprint density at radius 3 is 2.75 bits per heavy atom. The maximum atomic E-state index is 12.1. The third-order valence-electron chi connectivity index (χ3n) is 3.25. The lowest BCUT2D eigenvalue weighted by Crippen LogP contribution is -2.25. The van der Waals surface area contributed by atoms with Gasteiger partial charge in [0.2, 0.25) is 5.91 Å². The van der Waals surface area contributed by atoms with Crippen molar-refractivity contribution in [2.24, 2.45) is 5.92 Å². The Hall–Kier alpha value is -0.710. The fourth-order valence-electron chi connectivity index (χ4n) is 2.21. The van der Waals surface area contributed by atoms with E-state index in [0.717, 1.165) is 5.56 Å². The number of nitrogens with zero attached hydrogens (tertiary/aromatic N) is 1. The van der Waals surface area contributed by atoms with Crippen molar-refractivity contribution >= 4 is 51.7 Å². The standard InChI is InChI=1S/C14H15Cl2NO2S/c1-8-3-13(12(16)5-11(8)15)17-6-10(4-14(17)19)7-20-9(2)18/h3,5,10H,4,6-7H2,1-2H3. The number of halogens is 2. The fraction of sp³-hybridized carbons (Fsp3) is 0.429. The van der Waals surface area contributed by atoms with Gasteiger partial charge >= 0.3 is 0 Å². The summed E-state index contributed by atoms with van der Waals surface area (Å²) in [6, 6.07) is 3.50. The van der Waals surface area contributed by atoms with Crippen LogP contribution in [-0.4, -0.2) is 23.3 Å². The van der Waals surface area contributed by atoms with E-state index in [1.165, 1.54) is 11.8 Å². The second kappa shape index (κ2) is 6.37. The van der Waals surface area contributed by atoms with Gasteiger partial charge < -0.3 is 4.90 Å². The van der Waals surface area contributed by atoms with Crippen molar-refractivity contribution < 1.29 is 9.59 Å². The zero-order valence-electron chi connectivity index (χ0n) is 11.3. The van der Waals surface area contributed by atoms with Crippen molar-refractivity contribution in [1.29, 1.82) is 0 Å².